The van der Waals surface area contributed by atoms with Crippen molar-refractivity contribution in [3.05, 3.63) is 140 Å². The van der Waals surface area contributed by atoms with Gasteiger partial charge in [0.2, 0.25) is 0 Å². The minimum Gasteiger partial charge on any atom is -0.384 e. The number of hydrogen-bond acceptors (Lipinski definition) is 2. The van der Waals surface area contributed by atoms with Gasteiger partial charge < -0.3 is 5.11 Å². The molecule has 0 bridgehead atoms. The molecule has 1 spiro atoms. The average molecular weight is 511 g/mol. The lowest BCUT2D eigenvalue weighted by atomic mass is 9.61. The number of benzene rings is 4. The lowest BCUT2D eigenvalue weighted by Gasteiger charge is -2.42. The molecule has 0 unspecified atom stereocenters. The maximum atomic E-state index is 14.7. The first-order chi connectivity index (χ1) is 17.4. The molecule has 3 aliphatic rings. The lowest BCUT2D eigenvalue weighted by Crippen LogP contribution is -2.50. The summed E-state index contributed by atoms with van der Waals surface area (Å²) in [6, 6.07) is 31.8. The second-order valence-corrected chi connectivity index (χ2v) is 11.3. The fourth-order valence-corrected chi connectivity index (χ4v) is 7.99. The van der Waals surface area contributed by atoms with E-state index in [2.05, 4.69) is 18.2 Å². The second kappa shape index (κ2) is 7.79. The molecule has 0 heterocycles. The summed E-state index contributed by atoms with van der Waals surface area (Å²) in [5.41, 5.74) is 3.53. The lowest BCUT2D eigenvalue weighted by molar-refractivity contribution is -0.0732. The van der Waals surface area contributed by atoms with Crippen LogP contribution < -0.4 is 0 Å². The summed E-state index contributed by atoms with van der Waals surface area (Å²) in [6.45, 7) is 0. The van der Waals surface area contributed by atoms with Gasteiger partial charge >= 0.3 is 0 Å². The molecule has 7 rings (SSSR count). The van der Waals surface area contributed by atoms with Crippen LogP contribution in [-0.2, 0) is 18.4 Å². The molecule has 1 fully saturated rings. The number of aliphatic hydroxyl groups is 1. The average Bonchev–Trinajstić information content (AvgIpc) is 3.44. The van der Waals surface area contributed by atoms with Crippen molar-refractivity contribution in [2.75, 3.05) is 0 Å². The zero-order valence-corrected chi connectivity index (χ0v) is 21.0. The molecule has 2 nitrogen and oxygen atoms in total. The summed E-state index contributed by atoms with van der Waals surface area (Å²) in [5, 5.41) is 14.4. The predicted octanol–water partition coefficient (Wildman–Crippen LogP) is 7.36. The van der Waals surface area contributed by atoms with Crippen LogP contribution in [0.25, 0.3) is 0 Å². The van der Waals surface area contributed by atoms with Crippen LogP contribution >= 0.6 is 23.2 Å². The van der Waals surface area contributed by atoms with Crippen molar-refractivity contribution in [2.24, 2.45) is 11.3 Å². The van der Waals surface area contributed by atoms with Crippen LogP contribution in [-0.4, -0.2) is 10.9 Å². The van der Waals surface area contributed by atoms with Gasteiger partial charge in [-0.25, -0.2) is 0 Å². The molecular weight excluding hydrogens is 487 g/mol. The Labute approximate surface area is 220 Å². The van der Waals surface area contributed by atoms with Gasteiger partial charge in [0.25, 0.3) is 0 Å². The van der Waals surface area contributed by atoms with E-state index in [-0.39, 0.29) is 23.5 Å². The number of Topliss-reactive ketones (excluding diaryl/α,β-unsaturated/α-hetero) is 1. The number of halogens is 2. The largest absolute Gasteiger partial charge is 0.384 e. The smallest absolute Gasteiger partial charge is 0.173 e. The van der Waals surface area contributed by atoms with E-state index in [1.165, 1.54) is 0 Å². The molecule has 1 N–H and O–H groups in total. The molecule has 36 heavy (non-hydrogen) atoms. The Morgan fingerprint density at radius 1 is 0.722 bits per heavy atom. The Hall–Kier alpha value is -2.91. The predicted molar refractivity (Wildman–Crippen MR) is 143 cm³/mol. The molecule has 0 radical (unpaired) electrons. The van der Waals surface area contributed by atoms with Crippen LogP contribution in [0, 0.1) is 11.3 Å². The monoisotopic (exact) mass is 510 g/mol. The van der Waals surface area contributed by atoms with Crippen LogP contribution in [0.3, 0.4) is 0 Å². The molecule has 0 aliphatic heterocycles. The number of carbonyl (C=O) groups is 1. The highest BCUT2D eigenvalue weighted by Crippen LogP contribution is 2.74. The molecule has 0 amide bonds. The molecule has 0 aromatic heterocycles. The van der Waals surface area contributed by atoms with E-state index in [4.69, 9.17) is 23.2 Å². The molecule has 5 atom stereocenters. The summed E-state index contributed by atoms with van der Waals surface area (Å²) >= 11 is 12.6. The van der Waals surface area contributed by atoms with E-state index < -0.39 is 11.0 Å². The fraction of sp³-hybridized carbons (Fsp3) is 0.219. The van der Waals surface area contributed by atoms with E-state index in [9.17, 15) is 9.90 Å². The summed E-state index contributed by atoms with van der Waals surface area (Å²) in [5.74, 6) is -0.438. The first-order valence-electron chi connectivity index (χ1n) is 12.4. The van der Waals surface area contributed by atoms with Crippen LogP contribution in [0.5, 0.6) is 0 Å². The van der Waals surface area contributed by atoms with Gasteiger partial charge in [0.05, 0.1) is 5.41 Å². The van der Waals surface area contributed by atoms with Crippen molar-refractivity contribution < 1.29 is 9.90 Å². The normalized spacial score (nSPS) is 29.9. The highest BCUT2D eigenvalue weighted by molar-refractivity contribution is 6.30. The maximum Gasteiger partial charge on any atom is 0.173 e. The third-order valence-corrected chi connectivity index (χ3v) is 9.53. The highest BCUT2D eigenvalue weighted by atomic mass is 35.5. The highest BCUT2D eigenvalue weighted by Gasteiger charge is 2.75. The Morgan fingerprint density at radius 3 is 1.97 bits per heavy atom. The SMILES string of the molecule is O=C1c2ccccc2C[C@@]12[C@H](c1ccc(Cl)cc1)[C@@H](c1ccc(Cl)cc1)[C@@H]1Cc3ccccc3[C@@]12O. The second-order valence-electron chi connectivity index (χ2n) is 10.5. The molecule has 4 aromatic rings. The van der Waals surface area contributed by atoms with E-state index in [1.807, 2.05) is 78.9 Å². The summed E-state index contributed by atoms with van der Waals surface area (Å²) < 4.78 is 0. The number of rotatable bonds is 2. The Balaban J connectivity index is 1.56. The molecule has 4 aromatic carbocycles. The minimum atomic E-state index is -1.31. The Morgan fingerprint density at radius 2 is 1.31 bits per heavy atom. The van der Waals surface area contributed by atoms with Crippen molar-refractivity contribution in [1.29, 1.82) is 0 Å². The van der Waals surface area contributed by atoms with Gasteiger partial charge in [-0.3, -0.25) is 4.79 Å². The fourth-order valence-electron chi connectivity index (χ4n) is 7.74. The van der Waals surface area contributed by atoms with Gasteiger partial charge in [-0.1, -0.05) is 96.0 Å². The Bertz CT molecular complexity index is 1510. The number of fused-ring (bicyclic) bond motifs is 5. The van der Waals surface area contributed by atoms with Crippen molar-refractivity contribution in [3.63, 3.8) is 0 Å². The van der Waals surface area contributed by atoms with E-state index in [0.717, 1.165) is 39.8 Å². The van der Waals surface area contributed by atoms with Gasteiger partial charge in [0.1, 0.15) is 5.60 Å². The standard InChI is InChI=1S/C32H24Cl2O2/c33-23-13-9-19(10-14-23)28-27-17-21-5-2-4-8-26(21)32(27,36)31(29(28)20-11-15-24(34)16-12-20)18-22-6-1-3-7-25(22)30(31)35/h1-16,27-29,36H,17-18H2/t27-,28-,29+,31+,32+/m0/s1. The van der Waals surface area contributed by atoms with Gasteiger partial charge in [-0.05, 0) is 70.8 Å². The van der Waals surface area contributed by atoms with E-state index in [0.29, 0.717) is 16.5 Å². The van der Waals surface area contributed by atoms with Crippen molar-refractivity contribution in [1.82, 2.24) is 0 Å². The molecule has 3 aliphatic carbocycles. The minimum absolute atomic E-state index is 0.0405. The van der Waals surface area contributed by atoms with Gasteiger partial charge in [0, 0.05) is 27.4 Å². The third-order valence-electron chi connectivity index (χ3n) is 9.03. The summed E-state index contributed by atoms with van der Waals surface area (Å²) in [4.78, 5) is 14.7. The number of carbonyl (C=O) groups excluding carboxylic acids is 1. The topological polar surface area (TPSA) is 37.3 Å². The summed E-state index contributed by atoms with van der Waals surface area (Å²) in [6.07, 6.45) is 1.22. The van der Waals surface area contributed by atoms with Crippen LogP contribution in [0.2, 0.25) is 10.0 Å². The molecule has 1 saturated carbocycles. The summed E-state index contributed by atoms with van der Waals surface area (Å²) in [7, 11) is 0. The van der Waals surface area contributed by atoms with Gasteiger partial charge in [-0.2, -0.15) is 0 Å². The van der Waals surface area contributed by atoms with Gasteiger partial charge in [-0.15, -0.1) is 0 Å². The Kier molecular flexibility index (Phi) is 4.83. The van der Waals surface area contributed by atoms with Crippen molar-refractivity contribution in [2.45, 2.75) is 30.3 Å². The number of hydrogen-bond donors (Lipinski definition) is 1. The van der Waals surface area contributed by atoms with E-state index >= 15 is 0 Å². The molecular formula is C32H24Cl2O2. The zero-order chi connectivity index (χ0) is 24.7. The van der Waals surface area contributed by atoms with Crippen molar-refractivity contribution in [3.8, 4) is 0 Å². The molecule has 178 valence electrons. The van der Waals surface area contributed by atoms with Crippen LogP contribution in [0.1, 0.15) is 50.0 Å². The zero-order valence-electron chi connectivity index (χ0n) is 19.5. The van der Waals surface area contributed by atoms with E-state index in [1.54, 1.807) is 0 Å². The quantitative estimate of drug-likeness (QED) is 0.305. The van der Waals surface area contributed by atoms with Gasteiger partial charge in [0.15, 0.2) is 5.78 Å². The van der Waals surface area contributed by atoms with Crippen LogP contribution in [0.15, 0.2) is 97.1 Å². The molecule has 0 saturated heterocycles. The first-order valence-corrected chi connectivity index (χ1v) is 13.1. The maximum absolute atomic E-state index is 14.7. The number of ketones is 1. The van der Waals surface area contributed by atoms with Crippen LogP contribution in [0.4, 0.5) is 0 Å². The molecule has 4 heteroatoms. The van der Waals surface area contributed by atoms with Crippen molar-refractivity contribution >= 4 is 29.0 Å². The first kappa shape index (κ1) is 22.3. The third kappa shape index (κ3) is 2.75.